The highest BCUT2D eigenvalue weighted by atomic mass is 35.5. The van der Waals surface area contributed by atoms with Gasteiger partial charge in [0.25, 0.3) is 5.91 Å². The van der Waals surface area contributed by atoms with E-state index in [1.807, 2.05) is 31.3 Å². The Hall–Kier alpha value is -1.78. The molecule has 0 saturated heterocycles. The van der Waals surface area contributed by atoms with Crippen LogP contribution >= 0.6 is 11.6 Å². The SMILES string of the molecule is CNCc1cccc(NC(=O)c2ccoc2Cl)c1. The van der Waals surface area contributed by atoms with Gasteiger partial charge in [-0.25, -0.2) is 0 Å². The molecule has 0 aliphatic heterocycles. The second-order valence-corrected chi connectivity index (χ2v) is 4.14. The minimum absolute atomic E-state index is 0.0962. The normalized spacial score (nSPS) is 10.3. The van der Waals surface area contributed by atoms with Crippen LogP contribution < -0.4 is 10.6 Å². The summed E-state index contributed by atoms with van der Waals surface area (Å²) in [6.07, 6.45) is 1.38. The first-order chi connectivity index (χ1) is 8.70. The van der Waals surface area contributed by atoms with E-state index in [4.69, 9.17) is 16.0 Å². The maximum absolute atomic E-state index is 11.9. The molecule has 0 radical (unpaired) electrons. The maximum Gasteiger partial charge on any atom is 0.260 e. The Morgan fingerprint density at radius 2 is 2.22 bits per heavy atom. The molecule has 0 spiro atoms. The number of benzene rings is 1. The molecule has 0 atom stereocenters. The molecule has 4 nitrogen and oxygen atoms in total. The van der Waals surface area contributed by atoms with Crippen LogP contribution in [-0.2, 0) is 6.54 Å². The average molecular weight is 265 g/mol. The van der Waals surface area contributed by atoms with Crippen molar-refractivity contribution in [2.45, 2.75) is 6.54 Å². The summed E-state index contributed by atoms with van der Waals surface area (Å²) in [6.45, 7) is 0.746. The van der Waals surface area contributed by atoms with Gasteiger partial charge in [0.1, 0.15) is 0 Å². The van der Waals surface area contributed by atoms with E-state index < -0.39 is 0 Å². The second kappa shape index (κ2) is 5.71. The number of rotatable bonds is 4. The van der Waals surface area contributed by atoms with Gasteiger partial charge < -0.3 is 15.1 Å². The highest BCUT2D eigenvalue weighted by Crippen LogP contribution is 2.19. The Labute approximate surface area is 110 Å². The summed E-state index contributed by atoms with van der Waals surface area (Å²) >= 11 is 5.74. The van der Waals surface area contributed by atoms with Crippen LogP contribution in [0.5, 0.6) is 0 Å². The number of anilines is 1. The third-order valence-electron chi connectivity index (χ3n) is 2.43. The van der Waals surface area contributed by atoms with Crippen LogP contribution in [0.1, 0.15) is 15.9 Å². The van der Waals surface area contributed by atoms with Crippen LogP contribution in [-0.4, -0.2) is 13.0 Å². The molecular weight excluding hydrogens is 252 g/mol. The van der Waals surface area contributed by atoms with Gasteiger partial charge in [-0.2, -0.15) is 0 Å². The lowest BCUT2D eigenvalue weighted by molar-refractivity contribution is 0.102. The van der Waals surface area contributed by atoms with E-state index in [1.54, 1.807) is 0 Å². The molecule has 2 aromatic rings. The van der Waals surface area contributed by atoms with Gasteiger partial charge in [-0.15, -0.1) is 0 Å². The smallest absolute Gasteiger partial charge is 0.260 e. The van der Waals surface area contributed by atoms with Gasteiger partial charge in [0.05, 0.1) is 11.8 Å². The van der Waals surface area contributed by atoms with Crippen LogP contribution in [0.4, 0.5) is 5.69 Å². The third-order valence-corrected chi connectivity index (χ3v) is 2.72. The van der Waals surface area contributed by atoms with Crippen LogP contribution in [0, 0.1) is 0 Å². The Balaban J connectivity index is 2.12. The van der Waals surface area contributed by atoms with E-state index in [9.17, 15) is 4.79 Å². The van der Waals surface area contributed by atoms with Gasteiger partial charge in [0.15, 0.2) is 0 Å². The van der Waals surface area contributed by atoms with E-state index >= 15 is 0 Å². The topological polar surface area (TPSA) is 54.3 Å². The Morgan fingerprint density at radius 1 is 1.39 bits per heavy atom. The Morgan fingerprint density at radius 3 is 2.89 bits per heavy atom. The summed E-state index contributed by atoms with van der Waals surface area (Å²) in [5.41, 5.74) is 2.15. The molecule has 0 saturated carbocycles. The molecule has 1 amide bonds. The first-order valence-electron chi connectivity index (χ1n) is 5.48. The Bertz CT molecular complexity index is 551. The van der Waals surface area contributed by atoms with Gasteiger partial charge in [0.2, 0.25) is 5.22 Å². The zero-order chi connectivity index (χ0) is 13.0. The summed E-state index contributed by atoms with van der Waals surface area (Å²) < 4.78 is 4.88. The third kappa shape index (κ3) is 2.91. The van der Waals surface area contributed by atoms with E-state index in [0.717, 1.165) is 17.8 Å². The quantitative estimate of drug-likeness (QED) is 0.893. The second-order valence-electron chi connectivity index (χ2n) is 3.79. The van der Waals surface area contributed by atoms with Crippen molar-refractivity contribution in [2.24, 2.45) is 0 Å². The zero-order valence-electron chi connectivity index (χ0n) is 9.87. The van der Waals surface area contributed by atoms with Gasteiger partial charge in [-0.05, 0) is 42.4 Å². The molecule has 18 heavy (non-hydrogen) atoms. The molecule has 0 bridgehead atoms. The monoisotopic (exact) mass is 264 g/mol. The lowest BCUT2D eigenvalue weighted by Gasteiger charge is -2.06. The number of furan rings is 1. The van der Waals surface area contributed by atoms with Gasteiger partial charge in [0, 0.05) is 12.2 Å². The fourth-order valence-corrected chi connectivity index (χ4v) is 1.82. The summed E-state index contributed by atoms with van der Waals surface area (Å²) in [5, 5.41) is 5.92. The molecule has 0 fully saturated rings. The molecule has 94 valence electrons. The molecule has 1 aromatic carbocycles. The molecule has 1 aromatic heterocycles. The molecule has 2 N–H and O–H groups in total. The zero-order valence-corrected chi connectivity index (χ0v) is 10.6. The lowest BCUT2D eigenvalue weighted by atomic mass is 10.2. The summed E-state index contributed by atoms with van der Waals surface area (Å²) in [7, 11) is 1.87. The van der Waals surface area contributed by atoms with Crippen LogP contribution in [0.15, 0.2) is 41.0 Å². The molecule has 2 rings (SSSR count). The van der Waals surface area contributed by atoms with Crippen molar-refractivity contribution in [1.29, 1.82) is 0 Å². The number of hydrogen-bond acceptors (Lipinski definition) is 3. The number of halogens is 1. The summed E-state index contributed by atoms with van der Waals surface area (Å²) in [6, 6.07) is 9.14. The largest absolute Gasteiger partial charge is 0.452 e. The predicted molar refractivity (Wildman–Crippen MR) is 70.9 cm³/mol. The first-order valence-corrected chi connectivity index (χ1v) is 5.86. The number of carbonyl (C=O) groups excluding carboxylic acids is 1. The average Bonchev–Trinajstić information content (AvgIpc) is 2.76. The minimum atomic E-state index is -0.282. The minimum Gasteiger partial charge on any atom is -0.452 e. The number of carbonyl (C=O) groups is 1. The highest BCUT2D eigenvalue weighted by Gasteiger charge is 2.12. The van der Waals surface area contributed by atoms with Crippen molar-refractivity contribution in [3.05, 3.63) is 52.9 Å². The standard InChI is InChI=1S/C13H13ClN2O2/c1-15-8-9-3-2-4-10(7-9)16-13(17)11-5-6-18-12(11)14/h2-7,15H,8H2,1H3,(H,16,17). The van der Waals surface area contributed by atoms with Crippen molar-refractivity contribution < 1.29 is 9.21 Å². The first kappa shape index (κ1) is 12.7. The van der Waals surface area contributed by atoms with E-state index in [0.29, 0.717) is 5.56 Å². The van der Waals surface area contributed by atoms with Crippen molar-refractivity contribution >= 4 is 23.2 Å². The highest BCUT2D eigenvalue weighted by molar-refractivity contribution is 6.32. The molecule has 0 unspecified atom stereocenters. The number of hydrogen-bond donors (Lipinski definition) is 2. The van der Waals surface area contributed by atoms with Crippen molar-refractivity contribution in [2.75, 3.05) is 12.4 Å². The molecule has 5 heteroatoms. The van der Waals surface area contributed by atoms with Crippen molar-refractivity contribution in [3.8, 4) is 0 Å². The van der Waals surface area contributed by atoms with Gasteiger partial charge in [-0.3, -0.25) is 4.79 Å². The van der Waals surface area contributed by atoms with E-state index in [2.05, 4.69) is 10.6 Å². The van der Waals surface area contributed by atoms with Crippen LogP contribution in [0.3, 0.4) is 0 Å². The molecule has 0 aliphatic carbocycles. The summed E-state index contributed by atoms with van der Waals surface area (Å²) in [4.78, 5) is 11.9. The lowest BCUT2D eigenvalue weighted by Crippen LogP contribution is -2.12. The number of amides is 1. The van der Waals surface area contributed by atoms with Gasteiger partial charge in [-0.1, -0.05) is 12.1 Å². The number of nitrogens with one attached hydrogen (secondary N) is 2. The van der Waals surface area contributed by atoms with E-state index in [1.165, 1.54) is 12.3 Å². The fourth-order valence-electron chi connectivity index (χ4n) is 1.62. The maximum atomic E-state index is 11.9. The van der Waals surface area contributed by atoms with Crippen LogP contribution in [0.2, 0.25) is 5.22 Å². The fraction of sp³-hybridized carbons (Fsp3) is 0.154. The van der Waals surface area contributed by atoms with Crippen molar-refractivity contribution in [3.63, 3.8) is 0 Å². The Kier molecular flexibility index (Phi) is 4.02. The molecule has 1 heterocycles. The summed E-state index contributed by atoms with van der Waals surface area (Å²) in [5.74, 6) is -0.282. The predicted octanol–water partition coefficient (Wildman–Crippen LogP) is 2.90. The molecular formula is C13H13ClN2O2. The van der Waals surface area contributed by atoms with E-state index in [-0.39, 0.29) is 11.1 Å². The van der Waals surface area contributed by atoms with Crippen molar-refractivity contribution in [1.82, 2.24) is 5.32 Å². The molecule has 0 aliphatic rings. The van der Waals surface area contributed by atoms with Gasteiger partial charge >= 0.3 is 0 Å². The van der Waals surface area contributed by atoms with Crippen LogP contribution in [0.25, 0.3) is 0 Å².